The Morgan fingerprint density at radius 2 is 1.37 bits per heavy atom. The minimum atomic E-state index is -1.77. The van der Waals surface area contributed by atoms with E-state index in [9.17, 15) is 45.6 Å². The molecule has 13 nitrogen and oxygen atoms in total. The molecule has 0 bridgehead atoms. The van der Waals surface area contributed by atoms with Gasteiger partial charge in [0, 0.05) is 5.41 Å². The molecule has 0 amide bonds. The van der Waals surface area contributed by atoms with Gasteiger partial charge in [0.2, 0.25) is 0 Å². The van der Waals surface area contributed by atoms with Gasteiger partial charge in [-0.25, -0.2) is 0 Å². The Kier molecular flexibility index (Phi) is 12.6. The molecule has 4 saturated carbocycles. The molecule has 310 valence electrons. The SMILES string of the molecule is CC(C)=CCCC(O)C1CCC2(C)C1CCC1C3(C=O)CCC(OC4OC(CO)C(O)C(O)C4OC4OC(CO)C(O)C(O)C4O)C(C)(C)C3CCC12C. The number of aliphatic hydroxyl groups is 8. The van der Waals surface area contributed by atoms with E-state index >= 15 is 0 Å². The lowest BCUT2D eigenvalue weighted by atomic mass is 9.35. The van der Waals surface area contributed by atoms with E-state index in [-0.39, 0.29) is 34.7 Å². The van der Waals surface area contributed by atoms with Crippen molar-refractivity contribution in [2.75, 3.05) is 13.2 Å². The summed E-state index contributed by atoms with van der Waals surface area (Å²) in [6, 6.07) is 0. The van der Waals surface area contributed by atoms with Crippen molar-refractivity contribution < 1.29 is 64.6 Å². The fourth-order valence-corrected chi connectivity index (χ4v) is 12.8. The van der Waals surface area contributed by atoms with Gasteiger partial charge >= 0.3 is 0 Å². The van der Waals surface area contributed by atoms with Crippen molar-refractivity contribution in [1.82, 2.24) is 0 Å². The number of aliphatic hydroxyl groups excluding tert-OH is 8. The summed E-state index contributed by atoms with van der Waals surface area (Å²) in [5, 5.41) is 84.6. The first-order valence-corrected chi connectivity index (χ1v) is 20.4. The van der Waals surface area contributed by atoms with Crippen LogP contribution in [-0.4, -0.2) is 134 Å². The maximum absolute atomic E-state index is 13.7. The monoisotopic (exact) mass is 768 g/mol. The predicted octanol–water partition coefficient (Wildman–Crippen LogP) is 1.97. The van der Waals surface area contributed by atoms with Crippen molar-refractivity contribution in [2.45, 2.75) is 179 Å². The highest BCUT2D eigenvalue weighted by atomic mass is 16.8. The Morgan fingerprint density at radius 3 is 2.00 bits per heavy atom. The topological polar surface area (TPSA) is 216 Å². The predicted molar refractivity (Wildman–Crippen MR) is 195 cm³/mol. The summed E-state index contributed by atoms with van der Waals surface area (Å²) >= 11 is 0. The summed E-state index contributed by atoms with van der Waals surface area (Å²) in [5.41, 5.74) is 0.0237. The Morgan fingerprint density at radius 1 is 0.741 bits per heavy atom. The molecule has 2 aliphatic heterocycles. The maximum Gasteiger partial charge on any atom is 0.187 e. The average Bonchev–Trinajstić information content (AvgIpc) is 3.49. The van der Waals surface area contributed by atoms with Crippen LogP contribution in [0.25, 0.3) is 0 Å². The molecule has 0 aromatic carbocycles. The molecule has 0 radical (unpaired) electrons. The average molecular weight is 769 g/mol. The zero-order chi connectivity index (χ0) is 39.5. The first-order valence-electron chi connectivity index (χ1n) is 20.4. The smallest absolute Gasteiger partial charge is 0.187 e. The molecule has 2 heterocycles. The normalized spacial score (nSPS) is 50.7. The molecule has 2 saturated heterocycles. The van der Waals surface area contributed by atoms with Crippen LogP contribution < -0.4 is 0 Å². The summed E-state index contributed by atoms with van der Waals surface area (Å²) in [5.74, 6) is 0.782. The molecule has 6 aliphatic rings. The van der Waals surface area contributed by atoms with Crippen LogP contribution in [0.5, 0.6) is 0 Å². The van der Waals surface area contributed by atoms with E-state index in [0.717, 1.165) is 51.4 Å². The van der Waals surface area contributed by atoms with Crippen molar-refractivity contribution in [1.29, 1.82) is 0 Å². The Labute approximate surface area is 320 Å². The molecular formula is C41H68O13. The first kappa shape index (κ1) is 42.5. The molecular weight excluding hydrogens is 700 g/mol. The van der Waals surface area contributed by atoms with E-state index in [0.29, 0.717) is 18.8 Å². The van der Waals surface area contributed by atoms with Gasteiger partial charge in [0.1, 0.15) is 55.1 Å². The largest absolute Gasteiger partial charge is 0.394 e. The summed E-state index contributed by atoms with van der Waals surface area (Å²) in [4.78, 5) is 13.7. The van der Waals surface area contributed by atoms with Crippen LogP contribution in [0, 0.1) is 45.3 Å². The number of hydrogen-bond donors (Lipinski definition) is 8. The fourth-order valence-electron chi connectivity index (χ4n) is 12.8. The highest BCUT2D eigenvalue weighted by Crippen LogP contribution is 2.75. The van der Waals surface area contributed by atoms with E-state index in [1.165, 1.54) is 11.9 Å². The number of aldehydes is 1. The van der Waals surface area contributed by atoms with Gasteiger partial charge in [0.15, 0.2) is 12.6 Å². The summed E-state index contributed by atoms with van der Waals surface area (Å²) in [6.07, 6.45) is -4.24. The van der Waals surface area contributed by atoms with Crippen molar-refractivity contribution >= 4 is 6.29 Å². The molecule has 0 spiro atoms. The second-order valence-electron chi connectivity index (χ2n) is 19.0. The van der Waals surface area contributed by atoms with Crippen LogP contribution in [0.1, 0.15) is 106 Å². The molecule has 6 rings (SSSR count). The molecule has 19 atom stereocenters. The lowest BCUT2D eigenvalue weighted by molar-refractivity contribution is -0.378. The van der Waals surface area contributed by atoms with E-state index in [1.807, 2.05) is 0 Å². The number of rotatable bonds is 11. The molecule has 13 heteroatoms. The lowest BCUT2D eigenvalue weighted by Gasteiger charge is -2.69. The molecule has 6 fully saturated rings. The third-order valence-electron chi connectivity index (χ3n) is 16.0. The van der Waals surface area contributed by atoms with Gasteiger partial charge in [-0.1, -0.05) is 39.3 Å². The number of allylic oxidation sites excluding steroid dienone is 2. The van der Waals surface area contributed by atoms with Gasteiger partial charge in [-0.3, -0.25) is 0 Å². The van der Waals surface area contributed by atoms with E-state index < -0.39 is 91.6 Å². The van der Waals surface area contributed by atoms with Crippen LogP contribution in [0.15, 0.2) is 11.6 Å². The van der Waals surface area contributed by atoms with Crippen molar-refractivity contribution in [3.63, 3.8) is 0 Å². The summed E-state index contributed by atoms with van der Waals surface area (Å²) < 4.78 is 24.2. The third kappa shape index (κ3) is 6.87. The van der Waals surface area contributed by atoms with Gasteiger partial charge in [0.25, 0.3) is 0 Å². The second-order valence-corrected chi connectivity index (χ2v) is 19.0. The van der Waals surface area contributed by atoms with Gasteiger partial charge in [-0.05, 0) is 118 Å². The van der Waals surface area contributed by atoms with Gasteiger partial charge in [-0.2, -0.15) is 0 Å². The van der Waals surface area contributed by atoms with E-state index in [4.69, 9.17) is 18.9 Å². The Bertz CT molecular complexity index is 1340. The molecule has 54 heavy (non-hydrogen) atoms. The quantitative estimate of drug-likeness (QED) is 0.0859. The van der Waals surface area contributed by atoms with Crippen molar-refractivity contribution in [3.8, 4) is 0 Å². The molecule has 0 aromatic rings. The van der Waals surface area contributed by atoms with Crippen LogP contribution in [-0.2, 0) is 23.7 Å². The van der Waals surface area contributed by atoms with Crippen LogP contribution in [0.2, 0.25) is 0 Å². The molecule has 19 unspecified atom stereocenters. The van der Waals surface area contributed by atoms with Crippen molar-refractivity contribution in [3.05, 3.63) is 11.6 Å². The molecule has 0 aromatic heterocycles. The van der Waals surface area contributed by atoms with Crippen LogP contribution >= 0.6 is 0 Å². The first-order chi connectivity index (χ1) is 25.4. The lowest BCUT2D eigenvalue weighted by Crippen LogP contribution is -2.67. The third-order valence-corrected chi connectivity index (χ3v) is 16.0. The zero-order valence-corrected chi connectivity index (χ0v) is 33.0. The zero-order valence-electron chi connectivity index (χ0n) is 33.0. The number of carbonyl (C=O) groups is 1. The highest BCUT2D eigenvalue weighted by Gasteiger charge is 2.70. The van der Waals surface area contributed by atoms with Crippen LogP contribution in [0.4, 0.5) is 0 Å². The summed E-state index contributed by atoms with van der Waals surface area (Å²) in [6.45, 7) is 11.9. The van der Waals surface area contributed by atoms with Gasteiger partial charge < -0.3 is 64.6 Å². The highest BCUT2D eigenvalue weighted by molar-refractivity contribution is 5.62. The molecule has 4 aliphatic carbocycles. The number of hydrogen-bond acceptors (Lipinski definition) is 13. The second kappa shape index (κ2) is 15.9. The number of ether oxygens (including phenoxy) is 4. The van der Waals surface area contributed by atoms with Gasteiger partial charge in [0.05, 0.1) is 25.4 Å². The number of fused-ring (bicyclic) bond motifs is 5. The maximum atomic E-state index is 13.7. The van der Waals surface area contributed by atoms with Crippen molar-refractivity contribution in [2.24, 2.45) is 45.3 Å². The fraction of sp³-hybridized carbons (Fsp3) is 0.927. The standard InChI is InChI=1S/C41H68O13/c1-21(2)8-7-9-24(45)22-12-15-39(5)23(22)10-11-28-40(39,6)16-13-27-38(3,4)29(14-17-41(27,28)20-44)53-37-35(33(49)31(47)26(19-43)52-37)54-36-34(50)32(48)30(46)25(18-42)51-36/h8,20,22-37,42-43,45-50H,7,9-19H2,1-6H3. The minimum absolute atomic E-state index is 0.00225. The Balaban J connectivity index is 1.22. The van der Waals surface area contributed by atoms with Crippen LogP contribution in [0.3, 0.4) is 0 Å². The van der Waals surface area contributed by atoms with E-state index in [2.05, 4.69) is 47.6 Å². The minimum Gasteiger partial charge on any atom is -0.394 e. The number of carbonyl (C=O) groups excluding carboxylic acids is 1. The Hall–Kier alpha value is -1.07. The van der Waals surface area contributed by atoms with Gasteiger partial charge in [-0.15, -0.1) is 0 Å². The molecule has 8 N–H and O–H groups in total. The summed E-state index contributed by atoms with van der Waals surface area (Å²) in [7, 11) is 0. The van der Waals surface area contributed by atoms with E-state index in [1.54, 1.807) is 0 Å².